The molecule has 6 aromatic rings. The average Bonchev–Trinajstić information content (AvgIpc) is 3.42. The number of ether oxygens (including phenoxy) is 12. The standard InChI is InChI=1S/C54H54O12/c1-55-43-19-31-13-38-26-50-45(57-3)21-33(38)15-39-27-52-44(56-2)20-32(39)14-37(31)25-49(43)61-7-8-62-51-28-40-16-35-23-47(59-5)53(65-10-9-63-50)30-42(35)18-36-24-48(60-6)54(66-12-11-64-52)29-41(36)17-34(40)22-46(51)58-4/h19-30H,7-18H2,1-6H3. The van der Waals surface area contributed by atoms with Gasteiger partial charge in [-0.15, -0.1) is 0 Å². The molecule has 0 unspecified atom stereocenters. The Morgan fingerprint density at radius 2 is 0.364 bits per heavy atom. The molecule has 0 amide bonds. The first-order chi connectivity index (χ1) is 32.3. The Morgan fingerprint density at radius 3 is 0.500 bits per heavy atom. The van der Waals surface area contributed by atoms with Crippen molar-refractivity contribution in [1.82, 2.24) is 0 Å². The smallest absolute Gasteiger partial charge is 0.161 e. The van der Waals surface area contributed by atoms with E-state index in [0.29, 0.717) is 108 Å². The first-order valence-corrected chi connectivity index (χ1v) is 22.3. The number of benzene rings is 6. The first-order valence-electron chi connectivity index (χ1n) is 22.3. The fourth-order valence-corrected chi connectivity index (χ4v) is 9.61. The molecule has 0 atom stereocenters. The molecule has 2 aliphatic carbocycles. The van der Waals surface area contributed by atoms with Gasteiger partial charge in [-0.3, -0.25) is 0 Å². The topological polar surface area (TPSA) is 111 Å². The van der Waals surface area contributed by atoms with Gasteiger partial charge in [-0.1, -0.05) is 0 Å². The molecule has 0 fully saturated rings. The second kappa shape index (κ2) is 18.4. The summed E-state index contributed by atoms with van der Waals surface area (Å²) in [6, 6.07) is 25.1. The summed E-state index contributed by atoms with van der Waals surface area (Å²) in [4.78, 5) is 0. The van der Waals surface area contributed by atoms with E-state index in [1.54, 1.807) is 42.7 Å². The zero-order valence-electron chi connectivity index (χ0n) is 38.3. The lowest BCUT2D eigenvalue weighted by Gasteiger charge is -2.20. The Bertz CT molecular complexity index is 2320. The van der Waals surface area contributed by atoms with Crippen LogP contribution < -0.4 is 56.8 Å². The zero-order chi connectivity index (χ0) is 45.3. The van der Waals surface area contributed by atoms with Gasteiger partial charge < -0.3 is 56.8 Å². The highest BCUT2D eigenvalue weighted by molar-refractivity contribution is 5.60. The molecule has 20 rings (SSSR count). The van der Waals surface area contributed by atoms with E-state index in [2.05, 4.69) is 72.8 Å². The molecular formula is C54H54O12. The van der Waals surface area contributed by atoms with Crippen LogP contribution in [-0.4, -0.2) is 82.3 Å². The number of hydrogen-bond donors (Lipinski definition) is 0. The van der Waals surface area contributed by atoms with Crippen molar-refractivity contribution in [2.75, 3.05) is 82.3 Å². The summed E-state index contributed by atoms with van der Waals surface area (Å²) < 4.78 is 75.3. The lowest BCUT2D eigenvalue weighted by Crippen LogP contribution is -2.12. The normalized spacial score (nSPS) is 14.8. The average molecular weight is 895 g/mol. The minimum Gasteiger partial charge on any atom is -0.493 e. The second-order valence-corrected chi connectivity index (χ2v) is 16.8. The third-order valence-electron chi connectivity index (χ3n) is 13.0. The molecule has 0 saturated heterocycles. The first kappa shape index (κ1) is 42.8. The van der Waals surface area contributed by atoms with E-state index < -0.39 is 0 Å². The van der Waals surface area contributed by atoms with Crippen LogP contribution in [0.4, 0.5) is 0 Å². The lowest BCUT2D eigenvalue weighted by molar-refractivity contribution is 0.205. The van der Waals surface area contributed by atoms with Crippen LogP contribution in [0, 0.1) is 0 Å². The molecule has 12 heterocycles. The van der Waals surface area contributed by atoms with E-state index in [0.717, 1.165) is 66.8 Å². The van der Waals surface area contributed by atoms with Gasteiger partial charge in [0.2, 0.25) is 0 Å². The van der Waals surface area contributed by atoms with Crippen molar-refractivity contribution in [2.45, 2.75) is 38.5 Å². The summed E-state index contributed by atoms with van der Waals surface area (Å²) in [5.74, 6) is 7.50. The quantitative estimate of drug-likeness (QED) is 0.159. The number of rotatable bonds is 6. The predicted octanol–water partition coefficient (Wildman–Crippen LogP) is 8.91. The maximum atomic E-state index is 6.54. The Morgan fingerprint density at radius 1 is 0.227 bits per heavy atom. The molecule has 0 spiro atoms. The molecule has 12 nitrogen and oxygen atoms in total. The van der Waals surface area contributed by atoms with Crippen LogP contribution in [0.15, 0.2) is 72.8 Å². The third-order valence-corrected chi connectivity index (χ3v) is 13.0. The van der Waals surface area contributed by atoms with Gasteiger partial charge in [0.05, 0.1) is 42.7 Å². The Hall–Kier alpha value is -7.08. The lowest BCUT2D eigenvalue weighted by atomic mass is 9.94. The number of hydrogen-bond acceptors (Lipinski definition) is 12. The molecule has 0 N–H and O–H groups in total. The molecule has 342 valence electrons. The van der Waals surface area contributed by atoms with Gasteiger partial charge >= 0.3 is 0 Å². The van der Waals surface area contributed by atoms with Gasteiger partial charge in [-0.25, -0.2) is 0 Å². The summed E-state index contributed by atoms with van der Waals surface area (Å²) >= 11 is 0. The van der Waals surface area contributed by atoms with Crippen molar-refractivity contribution in [3.05, 3.63) is 140 Å². The monoisotopic (exact) mass is 894 g/mol. The molecule has 18 bridgehead atoms. The van der Waals surface area contributed by atoms with Crippen molar-refractivity contribution in [3.63, 3.8) is 0 Å². The molecule has 12 aliphatic heterocycles. The van der Waals surface area contributed by atoms with Crippen molar-refractivity contribution < 1.29 is 56.8 Å². The summed E-state index contributed by atoms with van der Waals surface area (Å²) in [5.41, 5.74) is 13.0. The van der Waals surface area contributed by atoms with E-state index in [9.17, 15) is 0 Å². The van der Waals surface area contributed by atoms with Crippen LogP contribution in [-0.2, 0) is 38.5 Å². The predicted molar refractivity (Wildman–Crippen MR) is 248 cm³/mol. The molecule has 12 heteroatoms. The highest BCUT2D eigenvalue weighted by Gasteiger charge is 2.26. The van der Waals surface area contributed by atoms with E-state index in [1.807, 2.05) is 0 Å². The van der Waals surface area contributed by atoms with Gasteiger partial charge in [-0.05, 0) is 178 Å². The van der Waals surface area contributed by atoms with E-state index >= 15 is 0 Å². The van der Waals surface area contributed by atoms with E-state index in [4.69, 9.17) is 56.8 Å². The van der Waals surface area contributed by atoms with Gasteiger partial charge in [-0.2, -0.15) is 0 Å². The molecule has 14 aliphatic rings. The highest BCUT2D eigenvalue weighted by atomic mass is 16.6. The van der Waals surface area contributed by atoms with Gasteiger partial charge in [0.1, 0.15) is 39.6 Å². The van der Waals surface area contributed by atoms with Crippen LogP contribution in [0.5, 0.6) is 69.0 Å². The van der Waals surface area contributed by atoms with Gasteiger partial charge in [0.25, 0.3) is 0 Å². The summed E-state index contributed by atoms with van der Waals surface area (Å²) in [6.07, 6.45) is 3.60. The summed E-state index contributed by atoms with van der Waals surface area (Å²) in [6.45, 7) is 1.53. The summed E-state index contributed by atoms with van der Waals surface area (Å²) in [7, 11) is 10.0. The minimum atomic E-state index is 0.255. The fourth-order valence-electron chi connectivity index (χ4n) is 9.61. The molecular weight excluding hydrogens is 841 g/mol. The molecule has 66 heavy (non-hydrogen) atoms. The largest absolute Gasteiger partial charge is 0.493 e. The van der Waals surface area contributed by atoms with Gasteiger partial charge in [0.15, 0.2) is 69.0 Å². The third kappa shape index (κ3) is 8.36. The van der Waals surface area contributed by atoms with E-state index in [1.165, 1.54) is 0 Å². The Labute approximate surface area is 385 Å². The molecule has 6 aromatic carbocycles. The number of methoxy groups -OCH3 is 6. The van der Waals surface area contributed by atoms with Crippen LogP contribution in [0.1, 0.15) is 66.8 Å². The Kier molecular flexibility index (Phi) is 12.0. The molecule has 0 radical (unpaired) electrons. The zero-order valence-corrected chi connectivity index (χ0v) is 38.3. The Balaban J connectivity index is 1.20. The van der Waals surface area contributed by atoms with Crippen LogP contribution in [0.25, 0.3) is 0 Å². The highest BCUT2D eigenvalue weighted by Crippen LogP contribution is 2.44. The maximum Gasteiger partial charge on any atom is 0.161 e. The minimum absolute atomic E-state index is 0.255. The van der Waals surface area contributed by atoms with Crippen molar-refractivity contribution in [3.8, 4) is 69.0 Å². The van der Waals surface area contributed by atoms with Crippen molar-refractivity contribution >= 4 is 0 Å². The van der Waals surface area contributed by atoms with Crippen molar-refractivity contribution in [1.29, 1.82) is 0 Å². The van der Waals surface area contributed by atoms with E-state index in [-0.39, 0.29) is 39.6 Å². The van der Waals surface area contributed by atoms with Crippen LogP contribution in [0.3, 0.4) is 0 Å². The van der Waals surface area contributed by atoms with Gasteiger partial charge in [0, 0.05) is 0 Å². The SMILES string of the molecule is COc1cc2c3cc1OCCOc1cc4c(cc1OC)Cc1cc5c(OC)cc1Cc1cc(c(OC)cc1C4)OCCOc1cc(c(cc1OC)Cc1cc(c(OC)cc1C3)OCCO5)C2. The molecule has 0 saturated carbocycles. The van der Waals surface area contributed by atoms with Crippen molar-refractivity contribution in [2.24, 2.45) is 0 Å². The molecule has 0 aromatic heterocycles. The van der Waals surface area contributed by atoms with Crippen LogP contribution in [0.2, 0.25) is 0 Å². The van der Waals surface area contributed by atoms with Crippen LogP contribution >= 0.6 is 0 Å². The second-order valence-electron chi connectivity index (χ2n) is 16.8. The fraction of sp³-hybridized carbons (Fsp3) is 0.333. The summed E-state index contributed by atoms with van der Waals surface area (Å²) in [5, 5.41) is 0. The maximum absolute atomic E-state index is 6.54.